The molecule has 8 nitrogen and oxygen atoms in total. The third-order valence-corrected chi connectivity index (χ3v) is 15.6. The van der Waals surface area contributed by atoms with Crippen LogP contribution in [0, 0.1) is 0 Å². The fourth-order valence-corrected chi connectivity index (χ4v) is 11.6. The van der Waals surface area contributed by atoms with Crippen molar-refractivity contribution in [1.29, 1.82) is 0 Å². The van der Waals surface area contributed by atoms with Crippen molar-refractivity contribution in [2.75, 3.05) is 0 Å². The second-order valence-corrected chi connectivity index (χ2v) is 20.5. The molecule has 0 fully saturated rings. The number of para-hydroxylation sites is 4. The van der Waals surface area contributed by atoms with Gasteiger partial charge >= 0.3 is 0 Å². The SMILES string of the molecule is C1=CC(c2nc(C3=CC=C(n4c5ccccc5c5ccccc54)CC3)nc(-c3ccc(-c4cccc(-c5ccc(-c6nc(-c7ccccc7)nc(-c7ccc(-n8c9ccccc9c9ccccc98)cc7)n6)cc5)c4)cc3)n2)=CCC1. The molecule has 0 unspecified atom stereocenters. The summed E-state index contributed by atoms with van der Waals surface area (Å²) in [4.78, 5) is 30.6. The maximum absolute atomic E-state index is 5.17. The Labute approximate surface area is 462 Å². The van der Waals surface area contributed by atoms with Crippen LogP contribution >= 0.6 is 0 Å². The van der Waals surface area contributed by atoms with Gasteiger partial charge < -0.3 is 9.13 Å². The summed E-state index contributed by atoms with van der Waals surface area (Å²) < 4.78 is 4.74. The van der Waals surface area contributed by atoms with Crippen LogP contribution in [0.3, 0.4) is 0 Å². The van der Waals surface area contributed by atoms with Crippen LogP contribution in [0.5, 0.6) is 0 Å². The van der Waals surface area contributed by atoms with Gasteiger partial charge in [0.05, 0.1) is 22.1 Å². The van der Waals surface area contributed by atoms with E-state index < -0.39 is 0 Å². The molecule has 2 aliphatic carbocycles. The molecule has 0 saturated carbocycles. The second-order valence-electron chi connectivity index (χ2n) is 20.5. The van der Waals surface area contributed by atoms with E-state index in [0.29, 0.717) is 29.1 Å². The van der Waals surface area contributed by atoms with Crippen molar-refractivity contribution in [2.45, 2.75) is 25.7 Å². The maximum Gasteiger partial charge on any atom is 0.164 e. The van der Waals surface area contributed by atoms with Gasteiger partial charge in [0.15, 0.2) is 34.9 Å². The van der Waals surface area contributed by atoms with E-state index in [1.54, 1.807) is 0 Å². The summed E-state index contributed by atoms with van der Waals surface area (Å²) in [5.41, 5.74) is 17.4. The van der Waals surface area contributed by atoms with E-state index in [9.17, 15) is 0 Å². The van der Waals surface area contributed by atoms with Crippen molar-refractivity contribution in [3.63, 3.8) is 0 Å². The summed E-state index contributed by atoms with van der Waals surface area (Å²) in [7, 11) is 0. The molecule has 15 rings (SSSR count). The number of nitrogens with zero attached hydrogens (tertiary/aromatic N) is 8. The molecular weight excluding hydrogens is 977 g/mol. The van der Waals surface area contributed by atoms with Crippen molar-refractivity contribution in [2.24, 2.45) is 0 Å². The van der Waals surface area contributed by atoms with E-state index >= 15 is 0 Å². The van der Waals surface area contributed by atoms with E-state index in [0.717, 1.165) is 92.8 Å². The highest BCUT2D eigenvalue weighted by Crippen LogP contribution is 2.38. The first-order chi connectivity index (χ1) is 39.6. The van der Waals surface area contributed by atoms with Crippen LogP contribution in [0.25, 0.3) is 134 Å². The molecular formula is C72H50N8. The molecule has 0 bridgehead atoms. The minimum Gasteiger partial charge on any atom is -0.313 e. The number of benzene rings is 9. The van der Waals surface area contributed by atoms with Gasteiger partial charge in [0.1, 0.15) is 0 Å². The van der Waals surface area contributed by atoms with Gasteiger partial charge in [-0.3, -0.25) is 0 Å². The van der Waals surface area contributed by atoms with Crippen LogP contribution in [-0.2, 0) is 0 Å². The van der Waals surface area contributed by atoms with Gasteiger partial charge in [-0.25, -0.2) is 29.9 Å². The lowest BCUT2D eigenvalue weighted by molar-refractivity contribution is 0.939. The Morgan fingerprint density at radius 3 is 1.20 bits per heavy atom. The normalized spacial score (nSPS) is 13.5. The van der Waals surface area contributed by atoms with E-state index in [1.165, 1.54) is 49.3 Å². The van der Waals surface area contributed by atoms with E-state index in [2.05, 4.69) is 234 Å². The average molecular weight is 1030 g/mol. The lowest BCUT2D eigenvalue weighted by atomic mass is 9.97. The molecule has 0 atom stereocenters. The fraction of sp³-hybridized carbons (Fsp3) is 0.0556. The lowest BCUT2D eigenvalue weighted by Gasteiger charge is -2.18. The zero-order valence-corrected chi connectivity index (χ0v) is 43.7. The van der Waals surface area contributed by atoms with Gasteiger partial charge in [-0.15, -0.1) is 0 Å². The first-order valence-corrected chi connectivity index (χ1v) is 27.4. The zero-order chi connectivity index (χ0) is 52.9. The number of fused-ring (bicyclic) bond motifs is 6. The summed E-state index contributed by atoms with van der Waals surface area (Å²) >= 11 is 0. The monoisotopic (exact) mass is 1030 g/mol. The molecule has 0 saturated heterocycles. The molecule has 4 aromatic heterocycles. The summed E-state index contributed by atoms with van der Waals surface area (Å²) in [6, 6.07) is 79.0. The van der Waals surface area contributed by atoms with Gasteiger partial charge in [0.2, 0.25) is 0 Å². The molecule has 80 heavy (non-hydrogen) atoms. The summed E-state index contributed by atoms with van der Waals surface area (Å²) in [5.74, 6) is 3.94. The Morgan fingerprint density at radius 1 is 0.300 bits per heavy atom. The molecule has 378 valence electrons. The van der Waals surface area contributed by atoms with E-state index in [-0.39, 0.29) is 0 Å². The second kappa shape index (κ2) is 19.8. The van der Waals surface area contributed by atoms with Gasteiger partial charge in [-0.05, 0) is 114 Å². The Morgan fingerprint density at radius 2 is 0.713 bits per heavy atom. The van der Waals surface area contributed by atoms with Crippen LogP contribution in [0.2, 0.25) is 0 Å². The molecule has 0 radical (unpaired) electrons. The van der Waals surface area contributed by atoms with Crippen molar-refractivity contribution in [1.82, 2.24) is 39.0 Å². The molecule has 0 aliphatic heterocycles. The predicted molar refractivity (Wildman–Crippen MR) is 327 cm³/mol. The maximum atomic E-state index is 5.17. The Kier molecular flexibility index (Phi) is 11.6. The first-order valence-electron chi connectivity index (χ1n) is 27.4. The molecule has 0 spiro atoms. The Balaban J connectivity index is 0.710. The number of hydrogen-bond donors (Lipinski definition) is 0. The number of aromatic nitrogens is 8. The topological polar surface area (TPSA) is 87.2 Å². The largest absolute Gasteiger partial charge is 0.313 e. The summed E-state index contributed by atoms with van der Waals surface area (Å²) in [5, 5.41) is 5.00. The van der Waals surface area contributed by atoms with Crippen LogP contribution in [-0.4, -0.2) is 39.0 Å². The molecule has 9 aromatic carbocycles. The van der Waals surface area contributed by atoms with Crippen molar-refractivity contribution < 1.29 is 0 Å². The highest BCUT2D eigenvalue weighted by Gasteiger charge is 2.21. The van der Waals surface area contributed by atoms with Crippen LogP contribution in [0.1, 0.15) is 37.3 Å². The zero-order valence-electron chi connectivity index (χ0n) is 43.7. The highest BCUT2D eigenvalue weighted by molar-refractivity contribution is 6.11. The van der Waals surface area contributed by atoms with Crippen molar-refractivity contribution >= 4 is 60.5 Å². The van der Waals surface area contributed by atoms with Crippen molar-refractivity contribution in [3.8, 4) is 73.5 Å². The van der Waals surface area contributed by atoms with Gasteiger partial charge in [-0.2, -0.15) is 0 Å². The quantitative estimate of drug-likeness (QED) is 0.136. The van der Waals surface area contributed by atoms with Gasteiger partial charge in [-0.1, -0.05) is 194 Å². The highest BCUT2D eigenvalue weighted by atomic mass is 15.1. The third kappa shape index (κ3) is 8.51. The lowest BCUT2D eigenvalue weighted by Crippen LogP contribution is -2.07. The third-order valence-electron chi connectivity index (χ3n) is 15.6. The molecule has 0 amide bonds. The molecule has 4 heterocycles. The minimum atomic E-state index is 0.613. The fourth-order valence-electron chi connectivity index (χ4n) is 11.6. The average Bonchev–Trinajstić information content (AvgIpc) is 4.08. The molecule has 2 aliphatic rings. The Bertz CT molecular complexity index is 4570. The predicted octanol–water partition coefficient (Wildman–Crippen LogP) is 17.7. The van der Waals surface area contributed by atoms with E-state index in [4.69, 9.17) is 29.9 Å². The Hall–Kier alpha value is -10.4. The standard InChI is InChI=1S/C72H50N8/c1-3-16-49(17-4-1)67-73-69(77-71(75-67)53-38-42-57(43-39-53)79-63-26-11-7-22-59(63)60-23-8-12-27-64(60)79)51-34-30-47(31-35-51)55-20-15-21-56(46-55)48-32-36-52(37-33-48)70-74-68(50-18-5-2-6-19-50)76-72(78-70)54-40-44-58(45-41-54)80-65-28-13-9-24-61(65)62-25-10-14-29-66(62)80/h1,3-5,7-40,42-44,46H,2,6,41,45H2. The van der Waals surface area contributed by atoms with Crippen LogP contribution in [0.4, 0.5) is 0 Å². The smallest absolute Gasteiger partial charge is 0.164 e. The van der Waals surface area contributed by atoms with Crippen LogP contribution in [0.15, 0.2) is 255 Å². The van der Waals surface area contributed by atoms with Gasteiger partial charge in [0.25, 0.3) is 0 Å². The summed E-state index contributed by atoms with van der Waals surface area (Å²) in [6.07, 6.45) is 14.7. The number of allylic oxidation sites excluding steroid dienone is 8. The van der Waals surface area contributed by atoms with Crippen molar-refractivity contribution in [3.05, 3.63) is 266 Å². The molecule has 8 heteroatoms. The number of hydrogen-bond acceptors (Lipinski definition) is 6. The first kappa shape index (κ1) is 46.8. The minimum absolute atomic E-state index is 0.613. The van der Waals surface area contributed by atoms with Gasteiger partial charge in [0, 0.05) is 60.8 Å². The van der Waals surface area contributed by atoms with E-state index in [1.807, 2.05) is 30.3 Å². The number of rotatable bonds is 10. The molecule has 13 aromatic rings. The summed E-state index contributed by atoms with van der Waals surface area (Å²) in [6.45, 7) is 0. The van der Waals surface area contributed by atoms with Crippen LogP contribution < -0.4 is 0 Å². The molecule has 0 N–H and O–H groups in total.